The summed E-state index contributed by atoms with van der Waals surface area (Å²) < 4.78 is 5.79. The summed E-state index contributed by atoms with van der Waals surface area (Å²) in [6, 6.07) is 3.42. The molecule has 0 atom stereocenters. The van der Waals surface area contributed by atoms with Crippen molar-refractivity contribution < 1.29 is 9.53 Å². The van der Waals surface area contributed by atoms with Crippen molar-refractivity contribution >= 4 is 32.8 Å². The number of ether oxygens (including phenoxy) is 1. The number of hydrogen-bond donors (Lipinski definition) is 0. The van der Waals surface area contributed by atoms with E-state index in [0.29, 0.717) is 11.3 Å². The van der Waals surface area contributed by atoms with Crippen molar-refractivity contribution in [1.82, 2.24) is 0 Å². The first-order valence-electron chi connectivity index (χ1n) is 3.60. The van der Waals surface area contributed by atoms with E-state index in [4.69, 9.17) is 16.3 Å². The molecule has 0 aliphatic heterocycles. The van der Waals surface area contributed by atoms with E-state index < -0.39 is 5.24 Å². The zero-order valence-electron chi connectivity index (χ0n) is 7.23. The number of benzene rings is 1. The first-order valence-corrected chi connectivity index (χ1v) is 4.77. The maximum Gasteiger partial charge on any atom is 0.252 e. The van der Waals surface area contributed by atoms with Gasteiger partial charge in [-0.1, -0.05) is 0 Å². The van der Waals surface area contributed by atoms with E-state index in [0.717, 1.165) is 10.0 Å². The normalized spacial score (nSPS) is 9.85. The summed E-state index contributed by atoms with van der Waals surface area (Å²) in [4.78, 5) is 10.9. The first kappa shape index (κ1) is 10.5. The van der Waals surface area contributed by atoms with Gasteiger partial charge in [-0.15, -0.1) is 0 Å². The Morgan fingerprint density at radius 2 is 2.15 bits per heavy atom. The molecule has 0 amide bonds. The molecule has 0 aliphatic rings. The van der Waals surface area contributed by atoms with Gasteiger partial charge in [-0.05, 0) is 52.2 Å². The van der Waals surface area contributed by atoms with E-state index in [1.165, 1.54) is 0 Å². The lowest BCUT2D eigenvalue weighted by Crippen LogP contribution is -1.95. The highest BCUT2D eigenvalue weighted by atomic mass is 79.9. The minimum Gasteiger partial charge on any atom is -0.496 e. The molecule has 0 heterocycles. The van der Waals surface area contributed by atoms with Crippen molar-refractivity contribution in [3.8, 4) is 5.75 Å². The maximum atomic E-state index is 10.9. The Hall–Kier alpha value is -0.540. The molecule has 1 aromatic rings. The fraction of sp³-hybridized carbons (Fsp3) is 0.222. The quantitative estimate of drug-likeness (QED) is 0.766. The molecule has 0 fully saturated rings. The zero-order chi connectivity index (χ0) is 10.0. The van der Waals surface area contributed by atoms with Crippen molar-refractivity contribution in [3.05, 3.63) is 27.7 Å². The number of rotatable bonds is 2. The summed E-state index contributed by atoms with van der Waals surface area (Å²) in [5.41, 5.74) is 1.30. The van der Waals surface area contributed by atoms with Gasteiger partial charge in [-0.2, -0.15) is 0 Å². The Morgan fingerprint density at radius 3 is 2.62 bits per heavy atom. The van der Waals surface area contributed by atoms with E-state index in [-0.39, 0.29) is 0 Å². The van der Waals surface area contributed by atoms with Crippen LogP contribution in [0.1, 0.15) is 15.9 Å². The second-order valence-corrected chi connectivity index (χ2v) is 3.77. The molecule has 0 saturated heterocycles. The Balaban J connectivity index is 3.28. The number of hydrogen-bond acceptors (Lipinski definition) is 2. The first-order chi connectivity index (χ1) is 6.06. The highest BCUT2D eigenvalue weighted by Gasteiger charge is 2.10. The summed E-state index contributed by atoms with van der Waals surface area (Å²) in [6.07, 6.45) is 0. The third-order valence-corrected chi connectivity index (χ3v) is 2.53. The highest BCUT2D eigenvalue weighted by Crippen LogP contribution is 2.28. The summed E-state index contributed by atoms with van der Waals surface area (Å²) in [5, 5.41) is -0.458. The fourth-order valence-electron chi connectivity index (χ4n) is 1.02. The fourth-order valence-corrected chi connectivity index (χ4v) is 1.73. The smallest absolute Gasteiger partial charge is 0.252 e. The second-order valence-electron chi connectivity index (χ2n) is 2.58. The summed E-state index contributed by atoms with van der Waals surface area (Å²) >= 11 is 8.65. The Labute approximate surface area is 90.0 Å². The largest absolute Gasteiger partial charge is 0.496 e. The van der Waals surface area contributed by atoms with Crippen molar-refractivity contribution in [2.45, 2.75) is 6.92 Å². The van der Waals surface area contributed by atoms with Gasteiger partial charge in [-0.25, -0.2) is 0 Å². The van der Waals surface area contributed by atoms with Crippen LogP contribution in [0.5, 0.6) is 5.75 Å². The molecule has 0 aromatic heterocycles. The number of carbonyl (C=O) groups is 1. The molecule has 4 heteroatoms. The van der Waals surface area contributed by atoms with Gasteiger partial charge in [0.15, 0.2) is 0 Å². The molecule has 0 unspecified atom stereocenters. The molecule has 70 valence electrons. The molecule has 1 aromatic carbocycles. The van der Waals surface area contributed by atoms with Crippen molar-refractivity contribution in [1.29, 1.82) is 0 Å². The molecule has 0 spiro atoms. The lowest BCUT2D eigenvalue weighted by Gasteiger charge is -2.06. The van der Waals surface area contributed by atoms with E-state index in [2.05, 4.69) is 15.9 Å². The van der Waals surface area contributed by atoms with Crippen LogP contribution in [0.4, 0.5) is 0 Å². The minimum absolute atomic E-state index is 0.458. The van der Waals surface area contributed by atoms with Crippen LogP contribution in [-0.4, -0.2) is 12.4 Å². The van der Waals surface area contributed by atoms with E-state index in [1.807, 2.05) is 6.92 Å². The lowest BCUT2D eigenvalue weighted by molar-refractivity contribution is 0.108. The average molecular weight is 264 g/mol. The van der Waals surface area contributed by atoms with E-state index >= 15 is 0 Å². The molecule has 0 N–H and O–H groups in total. The summed E-state index contributed by atoms with van der Waals surface area (Å²) in [5.74, 6) is 0.694. The van der Waals surface area contributed by atoms with Crippen LogP contribution >= 0.6 is 27.5 Å². The number of methoxy groups -OCH3 is 1. The summed E-state index contributed by atoms with van der Waals surface area (Å²) in [7, 11) is 1.57. The standard InChI is InChI=1S/C9H8BrClO2/c1-5-3-8(13-2)7(10)4-6(5)9(11)12/h3-4H,1-2H3. The highest BCUT2D eigenvalue weighted by molar-refractivity contribution is 9.10. The SMILES string of the molecule is COc1cc(C)c(C(=O)Cl)cc1Br. The zero-order valence-corrected chi connectivity index (χ0v) is 9.57. The monoisotopic (exact) mass is 262 g/mol. The van der Waals surface area contributed by atoms with Gasteiger partial charge < -0.3 is 4.74 Å². The molecule has 0 bridgehead atoms. The van der Waals surface area contributed by atoms with Crippen molar-refractivity contribution in [3.63, 3.8) is 0 Å². The van der Waals surface area contributed by atoms with Crippen LogP contribution in [0, 0.1) is 6.92 Å². The van der Waals surface area contributed by atoms with Gasteiger partial charge in [0.2, 0.25) is 0 Å². The van der Waals surface area contributed by atoms with Gasteiger partial charge >= 0.3 is 0 Å². The van der Waals surface area contributed by atoms with Crippen LogP contribution in [0.15, 0.2) is 16.6 Å². The molecule has 0 radical (unpaired) electrons. The third-order valence-electron chi connectivity index (χ3n) is 1.71. The van der Waals surface area contributed by atoms with Gasteiger partial charge in [0.25, 0.3) is 5.24 Å². The van der Waals surface area contributed by atoms with Gasteiger partial charge in [-0.3, -0.25) is 4.79 Å². The lowest BCUT2D eigenvalue weighted by atomic mass is 10.1. The Bertz CT molecular complexity index is 350. The molecule has 0 saturated carbocycles. The Kier molecular flexibility index (Phi) is 3.33. The second kappa shape index (κ2) is 4.11. The number of aryl methyl sites for hydroxylation is 1. The molecule has 1 rings (SSSR count). The molecular formula is C9H8BrClO2. The molecule has 0 aliphatic carbocycles. The van der Waals surface area contributed by atoms with Crippen LogP contribution in [0.25, 0.3) is 0 Å². The number of carbonyl (C=O) groups excluding carboxylic acids is 1. The van der Waals surface area contributed by atoms with Gasteiger partial charge in [0.05, 0.1) is 11.6 Å². The molecule has 13 heavy (non-hydrogen) atoms. The summed E-state index contributed by atoms with van der Waals surface area (Å²) in [6.45, 7) is 1.81. The molecule has 2 nitrogen and oxygen atoms in total. The Morgan fingerprint density at radius 1 is 1.54 bits per heavy atom. The third kappa shape index (κ3) is 2.23. The van der Waals surface area contributed by atoms with Gasteiger partial charge in [0.1, 0.15) is 5.75 Å². The number of halogens is 2. The van der Waals surface area contributed by atoms with Crippen molar-refractivity contribution in [2.24, 2.45) is 0 Å². The van der Waals surface area contributed by atoms with Crippen LogP contribution in [-0.2, 0) is 0 Å². The van der Waals surface area contributed by atoms with Crippen LogP contribution in [0.3, 0.4) is 0 Å². The van der Waals surface area contributed by atoms with Crippen LogP contribution in [0.2, 0.25) is 0 Å². The molecular weight excluding hydrogens is 255 g/mol. The van der Waals surface area contributed by atoms with Crippen LogP contribution < -0.4 is 4.74 Å². The topological polar surface area (TPSA) is 26.3 Å². The predicted molar refractivity (Wildman–Crippen MR) is 55.6 cm³/mol. The minimum atomic E-state index is -0.458. The van der Waals surface area contributed by atoms with Gasteiger partial charge in [0, 0.05) is 5.56 Å². The van der Waals surface area contributed by atoms with E-state index in [1.54, 1.807) is 19.2 Å². The maximum absolute atomic E-state index is 10.9. The predicted octanol–water partition coefficient (Wildman–Crippen LogP) is 3.15. The van der Waals surface area contributed by atoms with E-state index in [9.17, 15) is 4.79 Å². The average Bonchev–Trinajstić information content (AvgIpc) is 2.07. The van der Waals surface area contributed by atoms with Crippen molar-refractivity contribution in [2.75, 3.05) is 7.11 Å².